The summed E-state index contributed by atoms with van der Waals surface area (Å²) in [5, 5.41) is 4.18. The first kappa shape index (κ1) is 17.1. The minimum absolute atomic E-state index is 0.159. The number of benzene rings is 2. The van der Waals surface area contributed by atoms with Crippen LogP contribution in [-0.4, -0.2) is 37.3 Å². The van der Waals surface area contributed by atoms with Gasteiger partial charge in [0.2, 0.25) is 5.28 Å². The van der Waals surface area contributed by atoms with Gasteiger partial charge in [0.05, 0.1) is 26.3 Å². The van der Waals surface area contributed by atoms with Crippen molar-refractivity contribution in [2.75, 3.05) is 32.7 Å². The molecule has 0 unspecified atom stereocenters. The highest BCUT2D eigenvalue weighted by molar-refractivity contribution is 6.28. The van der Waals surface area contributed by atoms with E-state index in [9.17, 15) is 0 Å². The van der Waals surface area contributed by atoms with Crippen LogP contribution in [-0.2, 0) is 0 Å². The molecule has 0 aliphatic heterocycles. The van der Waals surface area contributed by atoms with Crippen molar-refractivity contribution in [2.24, 2.45) is 0 Å². The minimum Gasteiger partial charge on any atom is -0.493 e. The van der Waals surface area contributed by atoms with Gasteiger partial charge < -0.3 is 19.5 Å². The molecule has 3 aromatic rings. The summed E-state index contributed by atoms with van der Waals surface area (Å²) in [6, 6.07) is 13.2. The summed E-state index contributed by atoms with van der Waals surface area (Å²) >= 11 is 6.04. The van der Waals surface area contributed by atoms with Crippen molar-refractivity contribution in [1.29, 1.82) is 0 Å². The van der Waals surface area contributed by atoms with Gasteiger partial charge >= 0.3 is 0 Å². The molecule has 25 heavy (non-hydrogen) atoms. The number of nitrogens with one attached hydrogen (secondary N) is 1. The molecule has 0 bridgehead atoms. The lowest BCUT2D eigenvalue weighted by atomic mass is 10.2. The molecular formula is C18H18ClN3O3. The Morgan fingerprint density at radius 1 is 1.00 bits per heavy atom. The number of para-hydroxylation sites is 1. The van der Waals surface area contributed by atoms with Gasteiger partial charge in [-0.1, -0.05) is 18.2 Å². The summed E-state index contributed by atoms with van der Waals surface area (Å²) in [6.07, 6.45) is 0. The van der Waals surface area contributed by atoms with E-state index in [0.717, 1.165) is 11.1 Å². The molecule has 0 saturated carbocycles. The summed E-state index contributed by atoms with van der Waals surface area (Å²) in [7, 11) is 3.16. The van der Waals surface area contributed by atoms with E-state index in [2.05, 4.69) is 15.3 Å². The Hall–Kier alpha value is -2.73. The van der Waals surface area contributed by atoms with Crippen molar-refractivity contribution < 1.29 is 14.2 Å². The lowest BCUT2D eigenvalue weighted by Crippen LogP contribution is -2.13. The number of hydrogen-bond donors (Lipinski definition) is 1. The van der Waals surface area contributed by atoms with E-state index < -0.39 is 0 Å². The van der Waals surface area contributed by atoms with Gasteiger partial charge in [0.15, 0.2) is 11.5 Å². The predicted octanol–water partition coefficient (Wildman–Crippen LogP) is 3.79. The van der Waals surface area contributed by atoms with Gasteiger partial charge in [-0.15, -0.1) is 0 Å². The molecule has 0 radical (unpaired) electrons. The van der Waals surface area contributed by atoms with Gasteiger partial charge in [-0.25, -0.2) is 9.97 Å². The molecule has 1 N–H and O–H groups in total. The smallest absolute Gasteiger partial charge is 0.224 e. The molecule has 3 rings (SSSR count). The van der Waals surface area contributed by atoms with Crippen molar-refractivity contribution in [3.63, 3.8) is 0 Å². The van der Waals surface area contributed by atoms with Crippen LogP contribution in [0, 0.1) is 0 Å². The highest BCUT2D eigenvalue weighted by Crippen LogP contribution is 2.34. The topological polar surface area (TPSA) is 65.5 Å². The number of methoxy groups -OCH3 is 2. The van der Waals surface area contributed by atoms with E-state index >= 15 is 0 Å². The molecule has 0 amide bonds. The Bertz CT molecular complexity index is 859. The first-order valence-electron chi connectivity index (χ1n) is 7.72. The number of rotatable bonds is 7. The molecule has 0 atom stereocenters. The summed E-state index contributed by atoms with van der Waals surface area (Å²) in [4.78, 5) is 8.51. The molecule has 2 aromatic carbocycles. The van der Waals surface area contributed by atoms with Crippen molar-refractivity contribution in [3.05, 3.63) is 47.7 Å². The van der Waals surface area contributed by atoms with Gasteiger partial charge in [-0.3, -0.25) is 0 Å². The number of fused-ring (bicyclic) bond motifs is 1. The molecule has 7 heteroatoms. The van der Waals surface area contributed by atoms with Gasteiger partial charge in [0.25, 0.3) is 0 Å². The second-order valence-electron chi connectivity index (χ2n) is 5.15. The van der Waals surface area contributed by atoms with E-state index in [0.29, 0.717) is 36.0 Å². The van der Waals surface area contributed by atoms with Crippen molar-refractivity contribution >= 4 is 28.3 Å². The monoisotopic (exact) mass is 359 g/mol. The number of ether oxygens (including phenoxy) is 3. The summed E-state index contributed by atoms with van der Waals surface area (Å²) in [5.74, 6) is 2.63. The lowest BCUT2D eigenvalue weighted by molar-refractivity contribution is 0.333. The molecule has 0 saturated heterocycles. The van der Waals surface area contributed by atoms with E-state index in [1.165, 1.54) is 0 Å². The maximum atomic E-state index is 6.04. The maximum Gasteiger partial charge on any atom is 0.224 e. The van der Waals surface area contributed by atoms with E-state index in [1.54, 1.807) is 20.3 Å². The SMILES string of the molecule is COc1cc2nc(Cl)nc(NCCOc3ccccc3)c2cc1OC. The Kier molecular flexibility index (Phi) is 5.40. The fraction of sp³-hybridized carbons (Fsp3) is 0.222. The second-order valence-corrected chi connectivity index (χ2v) is 5.49. The molecule has 1 heterocycles. The van der Waals surface area contributed by atoms with Crippen LogP contribution in [0.15, 0.2) is 42.5 Å². The zero-order valence-electron chi connectivity index (χ0n) is 14.0. The number of halogens is 1. The quantitative estimate of drug-likeness (QED) is 0.511. The minimum atomic E-state index is 0.159. The average Bonchev–Trinajstić information content (AvgIpc) is 2.64. The third-order valence-electron chi connectivity index (χ3n) is 3.58. The Balaban J connectivity index is 1.78. The lowest BCUT2D eigenvalue weighted by Gasteiger charge is -2.13. The van der Waals surface area contributed by atoms with Gasteiger partial charge in [-0.2, -0.15) is 0 Å². The Morgan fingerprint density at radius 2 is 1.72 bits per heavy atom. The molecule has 0 fully saturated rings. The maximum absolute atomic E-state index is 6.04. The normalized spacial score (nSPS) is 10.5. The van der Waals surface area contributed by atoms with E-state index in [-0.39, 0.29) is 5.28 Å². The van der Waals surface area contributed by atoms with Crippen LogP contribution in [0.4, 0.5) is 5.82 Å². The predicted molar refractivity (Wildman–Crippen MR) is 98.1 cm³/mol. The third-order valence-corrected chi connectivity index (χ3v) is 3.75. The highest BCUT2D eigenvalue weighted by atomic mass is 35.5. The molecular weight excluding hydrogens is 342 g/mol. The fourth-order valence-corrected chi connectivity index (χ4v) is 2.59. The Morgan fingerprint density at radius 3 is 2.44 bits per heavy atom. The van der Waals surface area contributed by atoms with E-state index in [4.69, 9.17) is 25.8 Å². The second kappa shape index (κ2) is 7.90. The number of nitrogens with zero attached hydrogens (tertiary/aromatic N) is 2. The molecule has 0 aliphatic carbocycles. The largest absolute Gasteiger partial charge is 0.493 e. The summed E-state index contributed by atoms with van der Waals surface area (Å²) in [6.45, 7) is 1.05. The van der Waals surface area contributed by atoms with Crippen LogP contribution in [0.25, 0.3) is 10.9 Å². The van der Waals surface area contributed by atoms with Crippen LogP contribution in [0.2, 0.25) is 5.28 Å². The van der Waals surface area contributed by atoms with Crippen LogP contribution >= 0.6 is 11.6 Å². The first-order chi connectivity index (χ1) is 12.2. The Labute approximate surface area is 150 Å². The fourth-order valence-electron chi connectivity index (χ4n) is 2.42. The zero-order valence-corrected chi connectivity index (χ0v) is 14.7. The summed E-state index contributed by atoms with van der Waals surface area (Å²) in [5.41, 5.74) is 0.670. The zero-order chi connectivity index (χ0) is 17.6. The van der Waals surface area contributed by atoms with E-state index in [1.807, 2.05) is 36.4 Å². The standard InChI is InChI=1S/C18H18ClN3O3/c1-23-15-10-13-14(11-16(15)24-2)21-18(19)22-17(13)20-8-9-25-12-6-4-3-5-7-12/h3-7,10-11H,8-9H2,1-2H3,(H,20,21,22). The number of anilines is 1. The van der Waals surface area contributed by atoms with Gasteiger partial charge in [0, 0.05) is 11.5 Å². The molecule has 0 aliphatic rings. The highest BCUT2D eigenvalue weighted by Gasteiger charge is 2.12. The molecule has 0 spiro atoms. The van der Waals surface area contributed by atoms with Crippen LogP contribution in [0.5, 0.6) is 17.2 Å². The van der Waals surface area contributed by atoms with Crippen molar-refractivity contribution in [2.45, 2.75) is 0 Å². The van der Waals surface area contributed by atoms with Crippen LogP contribution in [0.3, 0.4) is 0 Å². The van der Waals surface area contributed by atoms with Gasteiger partial charge in [0.1, 0.15) is 18.2 Å². The molecule has 1 aromatic heterocycles. The average molecular weight is 360 g/mol. The number of aromatic nitrogens is 2. The van der Waals surface area contributed by atoms with Crippen LogP contribution in [0.1, 0.15) is 0 Å². The molecule has 6 nitrogen and oxygen atoms in total. The molecule has 130 valence electrons. The van der Waals surface area contributed by atoms with Gasteiger partial charge in [-0.05, 0) is 29.8 Å². The number of hydrogen-bond acceptors (Lipinski definition) is 6. The third kappa shape index (κ3) is 4.03. The van der Waals surface area contributed by atoms with Crippen LogP contribution < -0.4 is 19.5 Å². The summed E-state index contributed by atoms with van der Waals surface area (Å²) < 4.78 is 16.3. The van der Waals surface area contributed by atoms with Crippen molar-refractivity contribution in [1.82, 2.24) is 9.97 Å². The first-order valence-corrected chi connectivity index (χ1v) is 8.10. The van der Waals surface area contributed by atoms with Crippen molar-refractivity contribution in [3.8, 4) is 17.2 Å².